The molecule has 118 valence electrons. The van der Waals surface area contributed by atoms with E-state index in [0.29, 0.717) is 23.8 Å². The maximum atomic E-state index is 12.4. The van der Waals surface area contributed by atoms with E-state index in [1.54, 1.807) is 6.07 Å². The van der Waals surface area contributed by atoms with Crippen molar-refractivity contribution in [1.82, 2.24) is 5.32 Å². The molecule has 4 atom stereocenters. The Kier molecular flexibility index (Phi) is 3.83. The van der Waals surface area contributed by atoms with Crippen LogP contribution in [-0.4, -0.2) is 30.2 Å². The van der Waals surface area contributed by atoms with Gasteiger partial charge in [-0.15, -0.1) is 0 Å². The normalized spacial score (nSPS) is 28.6. The number of carbonyl (C=O) groups is 2. The van der Waals surface area contributed by atoms with Crippen molar-refractivity contribution in [1.29, 1.82) is 0 Å². The summed E-state index contributed by atoms with van der Waals surface area (Å²) in [5, 5.41) is 12.8. The first kappa shape index (κ1) is 15.6. The summed E-state index contributed by atoms with van der Waals surface area (Å²) in [5.41, 5.74) is -1.17. The molecule has 3 rings (SSSR count). The second kappa shape index (κ2) is 5.41. The van der Waals surface area contributed by atoms with Gasteiger partial charge in [0, 0.05) is 5.92 Å². The number of hydrogen-bond donors (Lipinski definition) is 2. The van der Waals surface area contributed by atoms with Crippen molar-refractivity contribution in [3.63, 3.8) is 0 Å². The molecule has 5 nitrogen and oxygen atoms in total. The molecule has 1 saturated heterocycles. The van der Waals surface area contributed by atoms with E-state index in [4.69, 9.17) is 27.9 Å². The predicted octanol–water partition coefficient (Wildman–Crippen LogP) is 2.30. The third kappa shape index (κ3) is 2.47. The summed E-state index contributed by atoms with van der Waals surface area (Å²) in [6, 6.07) is 4.54. The average Bonchev–Trinajstić information content (AvgIpc) is 2.95. The lowest BCUT2D eigenvalue weighted by Crippen LogP contribution is -2.50. The van der Waals surface area contributed by atoms with Crippen LogP contribution in [0, 0.1) is 17.8 Å². The number of benzene rings is 1. The molecule has 1 aromatic carbocycles. The lowest BCUT2D eigenvalue weighted by atomic mass is 9.91. The Balaban J connectivity index is 1.83. The summed E-state index contributed by atoms with van der Waals surface area (Å²) in [6.45, 7) is 2.58. The molecule has 2 aliphatic rings. The van der Waals surface area contributed by atoms with Gasteiger partial charge in [0.15, 0.2) is 5.54 Å². The van der Waals surface area contributed by atoms with E-state index in [1.165, 1.54) is 19.1 Å². The number of hydrogen-bond acceptors (Lipinski definition) is 3. The van der Waals surface area contributed by atoms with Crippen LogP contribution in [0.25, 0.3) is 0 Å². The first-order valence-electron chi connectivity index (χ1n) is 6.93. The zero-order valence-corrected chi connectivity index (χ0v) is 13.3. The van der Waals surface area contributed by atoms with E-state index in [-0.39, 0.29) is 28.7 Å². The standard InChI is InChI=1S/C15H15Cl2NO4/c1-15(14(20)21,7-2-3-10(16)11(17)4-7)18-13(19)12-8-5-22-6-9(8)12/h2-4,8-9,12H,5-6H2,1H3,(H,18,19)(H,20,21)/t8-,9+,12?,15?. The van der Waals surface area contributed by atoms with Crippen LogP contribution in [0.3, 0.4) is 0 Å². The monoisotopic (exact) mass is 343 g/mol. The molecule has 2 fully saturated rings. The van der Waals surface area contributed by atoms with Crippen molar-refractivity contribution in [3.05, 3.63) is 33.8 Å². The molecule has 1 amide bonds. The number of nitrogens with one attached hydrogen (secondary N) is 1. The van der Waals surface area contributed by atoms with Crippen molar-refractivity contribution in [2.75, 3.05) is 13.2 Å². The van der Waals surface area contributed by atoms with Gasteiger partial charge < -0.3 is 15.2 Å². The van der Waals surface area contributed by atoms with Gasteiger partial charge in [0.1, 0.15) is 0 Å². The molecule has 2 unspecified atom stereocenters. The summed E-state index contributed by atoms with van der Waals surface area (Å²) in [4.78, 5) is 24.1. The molecule has 0 aromatic heterocycles. The zero-order chi connectivity index (χ0) is 16.1. The fourth-order valence-electron chi connectivity index (χ4n) is 3.01. The quantitative estimate of drug-likeness (QED) is 0.879. The fraction of sp³-hybridized carbons (Fsp3) is 0.467. The lowest BCUT2D eigenvalue weighted by Gasteiger charge is -2.27. The van der Waals surface area contributed by atoms with Crippen LogP contribution in [0.2, 0.25) is 10.0 Å². The molecular weight excluding hydrogens is 329 g/mol. The second-order valence-corrected chi connectivity index (χ2v) is 6.75. The van der Waals surface area contributed by atoms with Gasteiger partial charge >= 0.3 is 5.97 Å². The highest BCUT2D eigenvalue weighted by atomic mass is 35.5. The van der Waals surface area contributed by atoms with Crippen molar-refractivity contribution in [2.24, 2.45) is 17.8 Å². The Morgan fingerprint density at radius 2 is 1.91 bits per heavy atom. The van der Waals surface area contributed by atoms with Crippen LogP contribution in [-0.2, 0) is 19.9 Å². The van der Waals surface area contributed by atoms with Crippen LogP contribution in [0.15, 0.2) is 18.2 Å². The smallest absolute Gasteiger partial charge is 0.333 e. The molecule has 1 saturated carbocycles. The van der Waals surface area contributed by atoms with Gasteiger partial charge in [0.25, 0.3) is 0 Å². The van der Waals surface area contributed by atoms with Crippen LogP contribution < -0.4 is 5.32 Å². The summed E-state index contributed by atoms with van der Waals surface area (Å²) in [5.74, 6) is -1.13. The summed E-state index contributed by atoms with van der Waals surface area (Å²) in [7, 11) is 0. The molecule has 1 aromatic rings. The maximum Gasteiger partial charge on any atom is 0.333 e. The van der Waals surface area contributed by atoms with Crippen LogP contribution in [0.5, 0.6) is 0 Å². The summed E-state index contributed by atoms with van der Waals surface area (Å²) in [6.07, 6.45) is 0. The Hall–Kier alpha value is -1.30. The summed E-state index contributed by atoms with van der Waals surface area (Å²) >= 11 is 11.8. The average molecular weight is 344 g/mol. The molecule has 1 aliphatic heterocycles. The lowest BCUT2D eigenvalue weighted by molar-refractivity contribution is -0.147. The van der Waals surface area contributed by atoms with E-state index in [2.05, 4.69) is 5.32 Å². The Labute approximate surface area is 137 Å². The Bertz CT molecular complexity index is 640. The number of rotatable bonds is 4. The molecule has 2 N–H and O–H groups in total. The zero-order valence-electron chi connectivity index (χ0n) is 11.8. The topological polar surface area (TPSA) is 75.6 Å². The third-order valence-corrected chi connectivity index (χ3v) is 5.29. The van der Waals surface area contributed by atoms with Crippen LogP contribution in [0.1, 0.15) is 12.5 Å². The van der Waals surface area contributed by atoms with Crippen molar-refractivity contribution in [3.8, 4) is 0 Å². The van der Waals surface area contributed by atoms with Gasteiger partial charge in [0.2, 0.25) is 5.91 Å². The SMILES string of the molecule is CC(NC(=O)C1[C@H]2COC[C@@H]12)(C(=O)O)c1ccc(Cl)c(Cl)c1. The van der Waals surface area contributed by atoms with Crippen LogP contribution in [0.4, 0.5) is 0 Å². The number of amides is 1. The van der Waals surface area contributed by atoms with Crippen molar-refractivity contribution < 1.29 is 19.4 Å². The van der Waals surface area contributed by atoms with Gasteiger partial charge in [0.05, 0.1) is 23.3 Å². The second-order valence-electron chi connectivity index (χ2n) is 5.94. The molecular formula is C15H15Cl2NO4. The molecule has 0 radical (unpaired) electrons. The highest BCUT2D eigenvalue weighted by molar-refractivity contribution is 6.42. The highest BCUT2D eigenvalue weighted by Gasteiger charge is 2.59. The van der Waals surface area contributed by atoms with Gasteiger partial charge in [-0.05, 0) is 36.5 Å². The number of carbonyl (C=O) groups excluding carboxylic acids is 1. The van der Waals surface area contributed by atoms with E-state index in [1.807, 2.05) is 0 Å². The van der Waals surface area contributed by atoms with Crippen LogP contribution >= 0.6 is 23.2 Å². The fourth-order valence-corrected chi connectivity index (χ4v) is 3.31. The number of halogens is 2. The third-order valence-electron chi connectivity index (χ3n) is 4.55. The Morgan fingerprint density at radius 3 is 2.45 bits per heavy atom. The minimum Gasteiger partial charge on any atom is -0.479 e. The van der Waals surface area contributed by atoms with Crippen molar-refractivity contribution in [2.45, 2.75) is 12.5 Å². The number of fused-ring (bicyclic) bond motifs is 1. The molecule has 1 heterocycles. The van der Waals surface area contributed by atoms with Gasteiger partial charge in [-0.3, -0.25) is 4.79 Å². The molecule has 7 heteroatoms. The van der Waals surface area contributed by atoms with E-state index >= 15 is 0 Å². The van der Waals surface area contributed by atoms with E-state index in [0.717, 1.165) is 0 Å². The molecule has 0 bridgehead atoms. The Morgan fingerprint density at radius 1 is 1.27 bits per heavy atom. The largest absolute Gasteiger partial charge is 0.479 e. The van der Waals surface area contributed by atoms with Gasteiger partial charge in [-0.25, -0.2) is 4.79 Å². The number of ether oxygens (including phenoxy) is 1. The summed E-state index contributed by atoms with van der Waals surface area (Å²) < 4.78 is 5.25. The van der Waals surface area contributed by atoms with Crippen molar-refractivity contribution >= 4 is 35.1 Å². The first-order chi connectivity index (χ1) is 10.3. The number of carboxylic acid groups (broad SMARTS) is 1. The molecule has 22 heavy (non-hydrogen) atoms. The highest BCUT2D eigenvalue weighted by Crippen LogP contribution is 2.51. The first-order valence-corrected chi connectivity index (χ1v) is 7.69. The number of aliphatic carboxylic acids is 1. The predicted molar refractivity (Wildman–Crippen MR) is 80.9 cm³/mol. The number of carboxylic acids is 1. The van der Waals surface area contributed by atoms with Gasteiger partial charge in [-0.2, -0.15) is 0 Å². The minimum atomic E-state index is -1.55. The molecule has 1 aliphatic carbocycles. The van der Waals surface area contributed by atoms with E-state index in [9.17, 15) is 14.7 Å². The molecule has 0 spiro atoms. The van der Waals surface area contributed by atoms with E-state index < -0.39 is 11.5 Å². The maximum absolute atomic E-state index is 12.4. The van der Waals surface area contributed by atoms with Gasteiger partial charge in [-0.1, -0.05) is 29.3 Å². The minimum absolute atomic E-state index is 0.157.